The number of hydrogen-bond donors (Lipinski definition) is 0. The van der Waals surface area contributed by atoms with Crippen LogP contribution in [0.25, 0.3) is 0 Å². The standard InChI is InChI=1S/C14H19N3O2S/c1-10-9-20-12(15-10)4-7-16-8-5-13(18)17-6-2-3-11(17)14(16)19/h9,11H,2-8H2,1H3. The first-order valence-corrected chi connectivity index (χ1v) is 8.02. The molecule has 0 aliphatic carbocycles. The molecule has 0 aromatic carbocycles. The summed E-state index contributed by atoms with van der Waals surface area (Å²) < 4.78 is 0. The third kappa shape index (κ3) is 2.57. The van der Waals surface area contributed by atoms with Gasteiger partial charge in [-0.3, -0.25) is 9.59 Å². The second-order valence-corrected chi connectivity index (χ2v) is 6.40. The van der Waals surface area contributed by atoms with Crippen LogP contribution >= 0.6 is 11.3 Å². The summed E-state index contributed by atoms with van der Waals surface area (Å²) in [6.07, 6.45) is 3.00. The van der Waals surface area contributed by atoms with Gasteiger partial charge in [0.15, 0.2) is 0 Å². The number of fused-ring (bicyclic) bond motifs is 1. The fraction of sp³-hybridized carbons (Fsp3) is 0.643. The largest absolute Gasteiger partial charge is 0.340 e. The van der Waals surface area contributed by atoms with Gasteiger partial charge in [0.05, 0.1) is 5.01 Å². The van der Waals surface area contributed by atoms with Crippen LogP contribution in [0, 0.1) is 6.92 Å². The van der Waals surface area contributed by atoms with Crippen molar-refractivity contribution < 1.29 is 9.59 Å². The highest BCUT2D eigenvalue weighted by Crippen LogP contribution is 2.23. The Balaban J connectivity index is 1.66. The average molecular weight is 293 g/mol. The third-order valence-corrected chi connectivity index (χ3v) is 5.05. The summed E-state index contributed by atoms with van der Waals surface area (Å²) in [4.78, 5) is 32.6. The number of carbonyl (C=O) groups excluding carboxylic acids is 2. The van der Waals surface area contributed by atoms with Gasteiger partial charge in [-0.05, 0) is 19.8 Å². The Labute approximate surface area is 122 Å². The lowest BCUT2D eigenvalue weighted by molar-refractivity contribution is -0.139. The summed E-state index contributed by atoms with van der Waals surface area (Å²) in [5.74, 6) is 0.259. The zero-order valence-electron chi connectivity index (χ0n) is 11.7. The number of hydrogen-bond acceptors (Lipinski definition) is 4. The Morgan fingerprint density at radius 3 is 3.00 bits per heavy atom. The molecular weight excluding hydrogens is 274 g/mol. The van der Waals surface area contributed by atoms with Gasteiger partial charge in [0.2, 0.25) is 11.8 Å². The molecule has 1 aromatic rings. The molecule has 5 nitrogen and oxygen atoms in total. The predicted molar refractivity (Wildman–Crippen MR) is 76.5 cm³/mol. The normalized spacial score (nSPS) is 23.1. The summed E-state index contributed by atoms with van der Waals surface area (Å²) in [5, 5.41) is 3.09. The van der Waals surface area contributed by atoms with E-state index in [2.05, 4.69) is 4.98 Å². The molecule has 0 saturated carbocycles. The second kappa shape index (κ2) is 5.52. The fourth-order valence-corrected chi connectivity index (χ4v) is 3.75. The van der Waals surface area contributed by atoms with Gasteiger partial charge in [-0.25, -0.2) is 4.98 Å². The van der Waals surface area contributed by atoms with Gasteiger partial charge in [-0.15, -0.1) is 11.3 Å². The van der Waals surface area contributed by atoms with Gasteiger partial charge in [0.25, 0.3) is 0 Å². The number of carbonyl (C=O) groups is 2. The molecule has 0 spiro atoms. The minimum atomic E-state index is -0.206. The number of nitrogens with zero attached hydrogens (tertiary/aromatic N) is 3. The number of aromatic nitrogens is 1. The topological polar surface area (TPSA) is 53.5 Å². The molecule has 2 fully saturated rings. The zero-order valence-corrected chi connectivity index (χ0v) is 12.5. The molecule has 2 amide bonds. The number of amides is 2. The molecule has 0 radical (unpaired) electrons. The van der Waals surface area contributed by atoms with Crippen molar-refractivity contribution in [2.24, 2.45) is 0 Å². The molecule has 0 N–H and O–H groups in total. The predicted octanol–water partition coefficient (Wildman–Crippen LogP) is 1.22. The van der Waals surface area contributed by atoms with E-state index >= 15 is 0 Å². The average Bonchev–Trinajstić information content (AvgIpc) is 3.04. The van der Waals surface area contributed by atoms with Crippen molar-refractivity contribution in [3.8, 4) is 0 Å². The molecule has 1 unspecified atom stereocenters. The van der Waals surface area contributed by atoms with Crippen LogP contribution in [-0.4, -0.2) is 52.3 Å². The molecule has 20 heavy (non-hydrogen) atoms. The van der Waals surface area contributed by atoms with Crippen LogP contribution in [0.3, 0.4) is 0 Å². The highest BCUT2D eigenvalue weighted by atomic mass is 32.1. The van der Waals surface area contributed by atoms with E-state index in [1.54, 1.807) is 16.2 Å². The van der Waals surface area contributed by atoms with Gasteiger partial charge in [0, 0.05) is 43.5 Å². The lowest BCUT2D eigenvalue weighted by Gasteiger charge is -2.24. The molecular formula is C14H19N3O2S. The number of aryl methyl sites for hydroxylation is 1. The van der Waals surface area contributed by atoms with E-state index in [0.717, 1.165) is 36.5 Å². The number of thiazole rings is 1. The van der Waals surface area contributed by atoms with Gasteiger partial charge >= 0.3 is 0 Å². The van der Waals surface area contributed by atoms with Crippen molar-refractivity contribution >= 4 is 23.2 Å². The molecule has 2 aliphatic heterocycles. The van der Waals surface area contributed by atoms with Gasteiger partial charge < -0.3 is 9.80 Å². The van der Waals surface area contributed by atoms with Gasteiger partial charge in [-0.1, -0.05) is 0 Å². The van der Waals surface area contributed by atoms with E-state index in [1.807, 2.05) is 17.2 Å². The smallest absolute Gasteiger partial charge is 0.245 e. The summed E-state index contributed by atoms with van der Waals surface area (Å²) in [6, 6.07) is -0.206. The maximum atomic E-state index is 12.5. The minimum Gasteiger partial charge on any atom is -0.340 e. The van der Waals surface area contributed by atoms with Crippen LogP contribution in [0.15, 0.2) is 5.38 Å². The summed E-state index contributed by atoms with van der Waals surface area (Å²) >= 11 is 1.64. The maximum Gasteiger partial charge on any atom is 0.245 e. The highest BCUT2D eigenvalue weighted by molar-refractivity contribution is 7.09. The highest BCUT2D eigenvalue weighted by Gasteiger charge is 2.38. The second-order valence-electron chi connectivity index (χ2n) is 5.45. The van der Waals surface area contributed by atoms with Crippen LogP contribution in [0.1, 0.15) is 30.0 Å². The minimum absolute atomic E-state index is 0.127. The zero-order chi connectivity index (χ0) is 14.1. The van der Waals surface area contributed by atoms with Crippen molar-refractivity contribution in [1.29, 1.82) is 0 Å². The molecule has 6 heteroatoms. The third-order valence-electron chi connectivity index (χ3n) is 4.03. The molecule has 3 heterocycles. The van der Waals surface area contributed by atoms with E-state index in [0.29, 0.717) is 19.5 Å². The van der Waals surface area contributed by atoms with E-state index in [1.165, 1.54) is 0 Å². The Hall–Kier alpha value is -1.43. The van der Waals surface area contributed by atoms with Crippen molar-refractivity contribution in [2.45, 2.75) is 38.6 Å². The van der Waals surface area contributed by atoms with Crippen molar-refractivity contribution in [2.75, 3.05) is 19.6 Å². The quantitative estimate of drug-likeness (QED) is 0.842. The Kier molecular flexibility index (Phi) is 3.74. The molecule has 1 atom stereocenters. The molecule has 1 aromatic heterocycles. The Bertz CT molecular complexity index is 528. The summed E-state index contributed by atoms with van der Waals surface area (Å²) in [5.41, 5.74) is 1.03. The van der Waals surface area contributed by atoms with Crippen molar-refractivity contribution in [3.05, 3.63) is 16.1 Å². The molecule has 0 bridgehead atoms. The van der Waals surface area contributed by atoms with Crippen LogP contribution in [0.5, 0.6) is 0 Å². The van der Waals surface area contributed by atoms with Crippen molar-refractivity contribution in [1.82, 2.24) is 14.8 Å². The van der Waals surface area contributed by atoms with Crippen LogP contribution in [0.2, 0.25) is 0 Å². The lowest BCUT2D eigenvalue weighted by Crippen LogP contribution is -2.44. The molecule has 2 aliphatic rings. The molecule has 2 saturated heterocycles. The SMILES string of the molecule is Cc1csc(CCN2CCC(=O)N3CCCC3C2=O)n1. The van der Waals surface area contributed by atoms with Crippen LogP contribution in [-0.2, 0) is 16.0 Å². The summed E-state index contributed by atoms with van der Waals surface area (Å²) in [6.45, 7) is 3.94. The van der Waals surface area contributed by atoms with Gasteiger partial charge in [0.1, 0.15) is 6.04 Å². The Morgan fingerprint density at radius 2 is 2.25 bits per heavy atom. The van der Waals surface area contributed by atoms with Gasteiger partial charge in [-0.2, -0.15) is 0 Å². The van der Waals surface area contributed by atoms with E-state index in [9.17, 15) is 9.59 Å². The van der Waals surface area contributed by atoms with Crippen LogP contribution < -0.4 is 0 Å². The fourth-order valence-electron chi connectivity index (χ4n) is 2.99. The Morgan fingerprint density at radius 1 is 1.40 bits per heavy atom. The monoisotopic (exact) mass is 293 g/mol. The van der Waals surface area contributed by atoms with E-state index < -0.39 is 0 Å². The first kappa shape index (κ1) is 13.5. The first-order chi connectivity index (χ1) is 9.65. The molecule has 108 valence electrons. The summed E-state index contributed by atoms with van der Waals surface area (Å²) in [7, 11) is 0. The maximum absolute atomic E-state index is 12.5. The van der Waals surface area contributed by atoms with Crippen molar-refractivity contribution in [3.63, 3.8) is 0 Å². The van der Waals surface area contributed by atoms with E-state index in [-0.39, 0.29) is 17.9 Å². The lowest BCUT2D eigenvalue weighted by atomic mass is 10.2. The molecule has 3 rings (SSSR count). The number of rotatable bonds is 3. The van der Waals surface area contributed by atoms with Crippen LogP contribution in [0.4, 0.5) is 0 Å². The van der Waals surface area contributed by atoms with E-state index in [4.69, 9.17) is 0 Å². The first-order valence-electron chi connectivity index (χ1n) is 7.14.